The molecule has 1 aromatic carbocycles. The van der Waals surface area contributed by atoms with E-state index in [9.17, 15) is 4.79 Å². The molecule has 1 heterocycles. The molecule has 0 spiro atoms. The molecule has 6 nitrogen and oxygen atoms in total. The quantitative estimate of drug-likeness (QED) is 0.545. The molecule has 1 saturated heterocycles. The van der Waals surface area contributed by atoms with Crippen LogP contribution in [0.1, 0.15) is 44.7 Å². The summed E-state index contributed by atoms with van der Waals surface area (Å²) in [5, 5.41) is 9.48. The lowest BCUT2D eigenvalue weighted by Crippen LogP contribution is -2.51. The van der Waals surface area contributed by atoms with Crippen molar-refractivity contribution in [3.8, 4) is 0 Å². The summed E-state index contributed by atoms with van der Waals surface area (Å²) in [6.07, 6.45) is 1.93. The number of nitrogens with one attached hydrogen (secondary N) is 3. The SMILES string of the molecule is CN=C(NCC(=O)NC(C)(C)C)NCC1(c2ccccc2C)CCOCC1. The normalized spacial score (nSPS) is 17.3. The topological polar surface area (TPSA) is 74.8 Å². The van der Waals surface area contributed by atoms with E-state index in [4.69, 9.17) is 4.74 Å². The van der Waals surface area contributed by atoms with Crippen molar-refractivity contribution in [1.29, 1.82) is 0 Å². The monoisotopic (exact) mass is 374 g/mol. The maximum atomic E-state index is 12.0. The Morgan fingerprint density at radius 2 is 1.85 bits per heavy atom. The number of carbonyl (C=O) groups excluding carboxylic acids is 1. The molecule has 0 saturated carbocycles. The first-order valence-corrected chi connectivity index (χ1v) is 9.65. The van der Waals surface area contributed by atoms with Crippen molar-refractivity contribution < 1.29 is 9.53 Å². The molecule has 0 bridgehead atoms. The molecule has 1 aliphatic rings. The summed E-state index contributed by atoms with van der Waals surface area (Å²) >= 11 is 0. The summed E-state index contributed by atoms with van der Waals surface area (Å²) in [7, 11) is 1.72. The van der Waals surface area contributed by atoms with Crippen LogP contribution in [0.2, 0.25) is 0 Å². The summed E-state index contributed by atoms with van der Waals surface area (Å²) < 4.78 is 5.62. The second-order valence-corrected chi connectivity index (χ2v) is 8.29. The Hall–Kier alpha value is -2.08. The highest BCUT2D eigenvalue weighted by molar-refractivity contribution is 5.86. The van der Waals surface area contributed by atoms with Crippen LogP contribution in [0.15, 0.2) is 29.3 Å². The van der Waals surface area contributed by atoms with E-state index in [2.05, 4.69) is 52.1 Å². The molecule has 0 aromatic heterocycles. The summed E-state index contributed by atoms with van der Waals surface area (Å²) in [6, 6.07) is 8.56. The minimum absolute atomic E-state index is 0.00881. The van der Waals surface area contributed by atoms with Gasteiger partial charge in [0, 0.05) is 37.8 Å². The minimum Gasteiger partial charge on any atom is -0.381 e. The number of hydrogen-bond donors (Lipinski definition) is 3. The molecule has 6 heteroatoms. The number of carbonyl (C=O) groups is 1. The van der Waals surface area contributed by atoms with Crippen LogP contribution < -0.4 is 16.0 Å². The third kappa shape index (κ3) is 6.24. The summed E-state index contributed by atoms with van der Waals surface area (Å²) in [5.74, 6) is 0.587. The highest BCUT2D eigenvalue weighted by atomic mass is 16.5. The fraction of sp³-hybridized carbons (Fsp3) is 0.619. The smallest absolute Gasteiger partial charge is 0.239 e. The minimum atomic E-state index is -0.243. The highest BCUT2D eigenvalue weighted by Gasteiger charge is 2.35. The Morgan fingerprint density at radius 3 is 2.44 bits per heavy atom. The van der Waals surface area contributed by atoms with Gasteiger partial charge in [0.05, 0.1) is 6.54 Å². The van der Waals surface area contributed by atoms with E-state index in [1.54, 1.807) is 7.05 Å². The number of rotatable bonds is 5. The van der Waals surface area contributed by atoms with Gasteiger partial charge in [-0.3, -0.25) is 9.79 Å². The van der Waals surface area contributed by atoms with Crippen LogP contribution in [0.5, 0.6) is 0 Å². The van der Waals surface area contributed by atoms with Crippen molar-refractivity contribution >= 4 is 11.9 Å². The number of nitrogens with zero attached hydrogens (tertiary/aromatic N) is 1. The fourth-order valence-corrected chi connectivity index (χ4v) is 3.57. The van der Waals surface area contributed by atoms with Gasteiger partial charge in [-0.2, -0.15) is 0 Å². The number of ether oxygens (including phenoxy) is 1. The molecule has 3 N–H and O–H groups in total. The van der Waals surface area contributed by atoms with Gasteiger partial charge < -0.3 is 20.7 Å². The van der Waals surface area contributed by atoms with Crippen LogP contribution in [-0.2, 0) is 14.9 Å². The van der Waals surface area contributed by atoms with Crippen LogP contribution in [0.4, 0.5) is 0 Å². The maximum absolute atomic E-state index is 12.0. The second kappa shape index (κ2) is 9.22. The average molecular weight is 375 g/mol. The van der Waals surface area contributed by atoms with Gasteiger partial charge in [-0.25, -0.2) is 0 Å². The molecular formula is C21H34N4O2. The van der Waals surface area contributed by atoms with Gasteiger partial charge in [0.2, 0.25) is 5.91 Å². The molecule has 0 unspecified atom stereocenters. The Labute approximate surface area is 163 Å². The molecule has 1 amide bonds. The number of aliphatic imine (C=N–C) groups is 1. The number of hydrogen-bond acceptors (Lipinski definition) is 3. The van der Waals surface area contributed by atoms with Gasteiger partial charge in [-0.05, 0) is 51.7 Å². The van der Waals surface area contributed by atoms with Gasteiger partial charge in [0.25, 0.3) is 0 Å². The second-order valence-electron chi connectivity index (χ2n) is 8.29. The average Bonchev–Trinajstić information content (AvgIpc) is 2.61. The van der Waals surface area contributed by atoms with Crippen molar-refractivity contribution in [3.05, 3.63) is 35.4 Å². The number of amides is 1. The number of aryl methyl sites for hydroxylation is 1. The molecule has 27 heavy (non-hydrogen) atoms. The highest BCUT2D eigenvalue weighted by Crippen LogP contribution is 2.36. The van der Waals surface area contributed by atoms with E-state index in [-0.39, 0.29) is 23.4 Å². The molecular weight excluding hydrogens is 340 g/mol. The van der Waals surface area contributed by atoms with Crippen molar-refractivity contribution in [2.75, 3.05) is 33.4 Å². The fourth-order valence-electron chi connectivity index (χ4n) is 3.57. The Bertz CT molecular complexity index is 658. The van der Waals surface area contributed by atoms with E-state index in [0.717, 1.165) is 32.6 Å². The van der Waals surface area contributed by atoms with Crippen LogP contribution in [0.25, 0.3) is 0 Å². The Kier molecular flexibility index (Phi) is 7.25. The lowest BCUT2D eigenvalue weighted by atomic mass is 9.72. The van der Waals surface area contributed by atoms with Crippen molar-refractivity contribution in [2.24, 2.45) is 4.99 Å². The van der Waals surface area contributed by atoms with E-state index in [1.165, 1.54) is 11.1 Å². The zero-order valence-electron chi connectivity index (χ0n) is 17.3. The molecule has 150 valence electrons. The zero-order valence-corrected chi connectivity index (χ0v) is 17.3. The molecule has 0 aliphatic carbocycles. The lowest BCUT2D eigenvalue weighted by molar-refractivity contribution is -0.121. The largest absolute Gasteiger partial charge is 0.381 e. The van der Waals surface area contributed by atoms with E-state index in [0.29, 0.717) is 5.96 Å². The predicted octanol–water partition coefficient (Wildman–Crippen LogP) is 2.12. The van der Waals surface area contributed by atoms with Crippen molar-refractivity contribution in [2.45, 2.75) is 51.5 Å². The molecule has 2 rings (SSSR count). The molecule has 0 radical (unpaired) electrons. The zero-order chi connectivity index (χ0) is 19.9. The van der Waals surface area contributed by atoms with Crippen LogP contribution in [0, 0.1) is 6.92 Å². The number of benzene rings is 1. The Balaban J connectivity index is 2.01. The van der Waals surface area contributed by atoms with Gasteiger partial charge in [0.1, 0.15) is 0 Å². The third-order valence-corrected chi connectivity index (χ3v) is 4.91. The van der Waals surface area contributed by atoms with E-state index >= 15 is 0 Å². The van der Waals surface area contributed by atoms with Gasteiger partial charge >= 0.3 is 0 Å². The number of guanidine groups is 1. The predicted molar refractivity (Wildman–Crippen MR) is 110 cm³/mol. The van der Waals surface area contributed by atoms with Crippen LogP contribution >= 0.6 is 0 Å². The molecule has 1 aromatic rings. The summed E-state index contributed by atoms with van der Waals surface area (Å²) in [5.41, 5.74) is 2.43. The lowest BCUT2D eigenvalue weighted by Gasteiger charge is -2.39. The Morgan fingerprint density at radius 1 is 1.19 bits per heavy atom. The van der Waals surface area contributed by atoms with Crippen molar-refractivity contribution in [3.63, 3.8) is 0 Å². The van der Waals surface area contributed by atoms with Gasteiger partial charge in [-0.1, -0.05) is 24.3 Å². The van der Waals surface area contributed by atoms with Crippen LogP contribution in [0.3, 0.4) is 0 Å². The first-order valence-electron chi connectivity index (χ1n) is 9.65. The standard InChI is InChI=1S/C21H34N4O2/c1-16-8-6-7-9-17(16)21(10-12-27-13-11-21)15-24-19(22-5)23-14-18(26)25-20(2,3)4/h6-9H,10-15H2,1-5H3,(H,25,26)(H2,22,23,24). The van der Waals surface area contributed by atoms with Crippen LogP contribution in [-0.4, -0.2) is 50.8 Å². The first-order chi connectivity index (χ1) is 12.8. The molecule has 1 aliphatic heterocycles. The first kappa shape index (κ1) is 21.2. The van der Waals surface area contributed by atoms with E-state index < -0.39 is 0 Å². The molecule has 0 atom stereocenters. The van der Waals surface area contributed by atoms with Gasteiger partial charge in [0.15, 0.2) is 5.96 Å². The third-order valence-electron chi connectivity index (χ3n) is 4.91. The molecule has 1 fully saturated rings. The summed E-state index contributed by atoms with van der Waals surface area (Å²) in [6.45, 7) is 10.5. The van der Waals surface area contributed by atoms with Gasteiger partial charge in [-0.15, -0.1) is 0 Å². The van der Waals surface area contributed by atoms with E-state index in [1.807, 2.05) is 20.8 Å². The summed E-state index contributed by atoms with van der Waals surface area (Å²) in [4.78, 5) is 16.3. The maximum Gasteiger partial charge on any atom is 0.239 e. The van der Waals surface area contributed by atoms with Crippen molar-refractivity contribution in [1.82, 2.24) is 16.0 Å².